The van der Waals surface area contributed by atoms with Crippen molar-refractivity contribution in [2.24, 2.45) is 0 Å². The van der Waals surface area contributed by atoms with Crippen molar-refractivity contribution in [3.8, 4) is 17.1 Å². The van der Waals surface area contributed by atoms with Crippen molar-refractivity contribution < 1.29 is 9.53 Å². The van der Waals surface area contributed by atoms with Gasteiger partial charge in [-0.2, -0.15) is 0 Å². The van der Waals surface area contributed by atoms with Crippen LogP contribution >= 0.6 is 35.0 Å². The third kappa shape index (κ3) is 5.12. The molecule has 0 saturated carbocycles. The monoisotopic (exact) mass is 448 g/mol. The number of nitrogens with zero attached hydrogens (tertiary/aromatic N) is 3. The SMILES string of the molecule is C=CCn1c(SCC(=O)Nc2cc(Cl)ccc2OC)nnc1-c1ccccc1Cl. The zero-order valence-corrected chi connectivity index (χ0v) is 17.9. The second kappa shape index (κ2) is 9.82. The van der Waals surface area contributed by atoms with Crippen LogP contribution in [-0.2, 0) is 11.3 Å². The van der Waals surface area contributed by atoms with E-state index in [9.17, 15) is 4.79 Å². The number of amides is 1. The second-order valence-electron chi connectivity index (χ2n) is 5.87. The lowest BCUT2D eigenvalue weighted by molar-refractivity contribution is -0.113. The van der Waals surface area contributed by atoms with Crippen LogP contribution in [0.5, 0.6) is 5.75 Å². The second-order valence-corrected chi connectivity index (χ2v) is 7.65. The van der Waals surface area contributed by atoms with Crippen LogP contribution in [0.3, 0.4) is 0 Å². The van der Waals surface area contributed by atoms with Crippen molar-refractivity contribution in [3.05, 3.63) is 65.2 Å². The summed E-state index contributed by atoms with van der Waals surface area (Å²) in [5, 5.41) is 13.0. The van der Waals surface area contributed by atoms with Crippen LogP contribution in [0.4, 0.5) is 5.69 Å². The average Bonchev–Trinajstić information content (AvgIpc) is 3.10. The summed E-state index contributed by atoms with van der Waals surface area (Å²) in [6.07, 6.45) is 1.74. The van der Waals surface area contributed by atoms with E-state index in [1.807, 2.05) is 22.8 Å². The van der Waals surface area contributed by atoms with Crippen molar-refractivity contribution in [3.63, 3.8) is 0 Å². The number of anilines is 1. The summed E-state index contributed by atoms with van der Waals surface area (Å²) in [6.45, 7) is 4.27. The van der Waals surface area contributed by atoms with Gasteiger partial charge in [-0.3, -0.25) is 9.36 Å². The summed E-state index contributed by atoms with van der Waals surface area (Å²) in [7, 11) is 1.53. The van der Waals surface area contributed by atoms with E-state index in [1.54, 1.807) is 30.3 Å². The van der Waals surface area contributed by atoms with Gasteiger partial charge < -0.3 is 10.1 Å². The van der Waals surface area contributed by atoms with Gasteiger partial charge in [0.05, 0.1) is 23.6 Å². The van der Waals surface area contributed by atoms with Crippen molar-refractivity contribution in [2.75, 3.05) is 18.2 Å². The van der Waals surface area contributed by atoms with E-state index in [1.165, 1.54) is 18.9 Å². The summed E-state index contributed by atoms with van der Waals surface area (Å²) in [4.78, 5) is 12.4. The highest BCUT2D eigenvalue weighted by atomic mass is 35.5. The number of halogens is 2. The third-order valence-corrected chi connectivity index (χ3v) is 5.44. The normalized spacial score (nSPS) is 10.6. The first kappa shape index (κ1) is 21.2. The molecule has 9 heteroatoms. The van der Waals surface area contributed by atoms with Gasteiger partial charge in [0.15, 0.2) is 11.0 Å². The molecular formula is C20H18Cl2N4O2S. The van der Waals surface area contributed by atoms with Crippen LogP contribution in [0.1, 0.15) is 0 Å². The zero-order chi connectivity index (χ0) is 20.8. The lowest BCUT2D eigenvalue weighted by Crippen LogP contribution is -2.15. The van der Waals surface area contributed by atoms with Gasteiger partial charge in [-0.1, -0.05) is 53.2 Å². The fraction of sp³-hybridized carbons (Fsp3) is 0.150. The molecule has 0 atom stereocenters. The molecule has 3 aromatic rings. The fourth-order valence-corrected chi connectivity index (χ4v) is 3.77. The molecule has 1 heterocycles. The van der Waals surface area contributed by atoms with E-state index in [4.69, 9.17) is 27.9 Å². The number of methoxy groups -OCH3 is 1. The molecule has 1 amide bonds. The minimum atomic E-state index is -0.219. The summed E-state index contributed by atoms with van der Waals surface area (Å²) < 4.78 is 7.12. The maximum Gasteiger partial charge on any atom is 0.234 e. The molecule has 0 aliphatic carbocycles. The molecule has 1 aromatic heterocycles. The van der Waals surface area contributed by atoms with Crippen LogP contribution in [0.25, 0.3) is 11.4 Å². The topological polar surface area (TPSA) is 69.0 Å². The number of ether oxygens (including phenoxy) is 1. The Morgan fingerprint density at radius 3 is 2.79 bits per heavy atom. The maximum atomic E-state index is 12.4. The van der Waals surface area contributed by atoms with E-state index in [0.29, 0.717) is 39.0 Å². The smallest absolute Gasteiger partial charge is 0.234 e. The lowest BCUT2D eigenvalue weighted by atomic mass is 10.2. The largest absolute Gasteiger partial charge is 0.495 e. The van der Waals surface area contributed by atoms with Crippen LogP contribution < -0.4 is 10.1 Å². The standard InChI is InChI=1S/C20H18Cl2N4O2S/c1-3-10-26-19(14-6-4-5-7-15(14)22)24-25-20(26)29-12-18(27)23-16-11-13(21)8-9-17(16)28-2/h3-9,11H,1,10,12H2,2H3,(H,23,27). The van der Waals surface area contributed by atoms with Crippen molar-refractivity contribution in [2.45, 2.75) is 11.7 Å². The molecule has 2 aromatic carbocycles. The van der Waals surface area contributed by atoms with Crippen molar-refractivity contribution in [1.82, 2.24) is 14.8 Å². The molecule has 6 nitrogen and oxygen atoms in total. The fourth-order valence-electron chi connectivity index (χ4n) is 2.63. The highest BCUT2D eigenvalue weighted by molar-refractivity contribution is 7.99. The predicted octanol–water partition coefficient (Wildman–Crippen LogP) is 5.18. The van der Waals surface area contributed by atoms with E-state index >= 15 is 0 Å². The van der Waals surface area contributed by atoms with E-state index in [0.717, 1.165) is 5.56 Å². The molecule has 0 spiro atoms. The van der Waals surface area contributed by atoms with Crippen LogP contribution in [-0.4, -0.2) is 33.5 Å². The third-order valence-electron chi connectivity index (χ3n) is 3.91. The van der Waals surface area contributed by atoms with Crippen molar-refractivity contribution in [1.29, 1.82) is 0 Å². The average molecular weight is 449 g/mol. The Morgan fingerprint density at radius 1 is 1.28 bits per heavy atom. The van der Waals surface area contributed by atoms with Gasteiger partial charge >= 0.3 is 0 Å². The molecule has 29 heavy (non-hydrogen) atoms. The Morgan fingerprint density at radius 2 is 2.07 bits per heavy atom. The number of thioether (sulfide) groups is 1. The van der Waals surface area contributed by atoms with Gasteiger partial charge in [0.25, 0.3) is 0 Å². The number of benzene rings is 2. The Balaban J connectivity index is 1.76. The van der Waals surface area contributed by atoms with Gasteiger partial charge in [-0.25, -0.2) is 0 Å². The molecule has 150 valence electrons. The Bertz CT molecular complexity index is 1040. The van der Waals surface area contributed by atoms with Crippen molar-refractivity contribution >= 4 is 46.6 Å². The first-order valence-electron chi connectivity index (χ1n) is 8.58. The molecule has 0 saturated heterocycles. The highest BCUT2D eigenvalue weighted by Crippen LogP contribution is 2.30. The summed E-state index contributed by atoms with van der Waals surface area (Å²) in [5.41, 5.74) is 1.28. The Labute approximate surface area is 182 Å². The number of nitrogens with one attached hydrogen (secondary N) is 1. The summed E-state index contributed by atoms with van der Waals surface area (Å²) in [5.74, 6) is 1.06. The molecule has 0 bridgehead atoms. The number of rotatable bonds is 8. The maximum absolute atomic E-state index is 12.4. The molecule has 0 fully saturated rings. The number of hydrogen-bond donors (Lipinski definition) is 1. The molecule has 0 aliphatic rings. The first-order chi connectivity index (χ1) is 14.0. The molecule has 0 unspecified atom stereocenters. The zero-order valence-electron chi connectivity index (χ0n) is 15.6. The Hall–Kier alpha value is -2.48. The summed E-state index contributed by atoms with van der Waals surface area (Å²) >= 11 is 13.6. The van der Waals surface area contributed by atoms with E-state index in [-0.39, 0.29) is 11.7 Å². The quantitative estimate of drug-likeness (QED) is 0.379. The minimum Gasteiger partial charge on any atom is -0.495 e. The predicted molar refractivity (Wildman–Crippen MR) is 118 cm³/mol. The van der Waals surface area contributed by atoms with Gasteiger partial charge in [0, 0.05) is 17.1 Å². The van der Waals surface area contributed by atoms with E-state index < -0.39 is 0 Å². The molecule has 3 rings (SSSR count). The van der Waals surface area contributed by atoms with E-state index in [2.05, 4.69) is 22.1 Å². The molecule has 0 radical (unpaired) electrons. The van der Waals surface area contributed by atoms with Gasteiger partial charge in [-0.15, -0.1) is 16.8 Å². The lowest BCUT2D eigenvalue weighted by Gasteiger charge is -2.11. The molecule has 0 aliphatic heterocycles. The van der Waals surface area contributed by atoms with Crippen LogP contribution in [0.15, 0.2) is 60.3 Å². The van der Waals surface area contributed by atoms with Gasteiger partial charge in [-0.05, 0) is 30.3 Å². The van der Waals surface area contributed by atoms with Crippen LogP contribution in [0.2, 0.25) is 10.0 Å². The minimum absolute atomic E-state index is 0.132. The Kier molecular flexibility index (Phi) is 7.19. The number of allylic oxidation sites excluding steroid dienone is 1. The number of carbonyl (C=O) groups excluding carboxylic acids is 1. The first-order valence-corrected chi connectivity index (χ1v) is 10.3. The molecule has 1 N–H and O–H groups in total. The highest BCUT2D eigenvalue weighted by Gasteiger charge is 2.17. The number of hydrogen-bond acceptors (Lipinski definition) is 5. The summed E-state index contributed by atoms with van der Waals surface area (Å²) in [6, 6.07) is 12.4. The molecular weight excluding hydrogens is 431 g/mol. The number of carbonyl (C=O) groups is 1. The van der Waals surface area contributed by atoms with Gasteiger partial charge in [0.1, 0.15) is 5.75 Å². The van der Waals surface area contributed by atoms with Gasteiger partial charge in [0.2, 0.25) is 5.91 Å². The van der Waals surface area contributed by atoms with Crippen LogP contribution in [0, 0.1) is 0 Å². The number of aromatic nitrogens is 3.